The average molecular weight is 315 g/mol. The molecule has 22 heavy (non-hydrogen) atoms. The van der Waals surface area contributed by atoms with Crippen LogP contribution in [0.3, 0.4) is 0 Å². The van der Waals surface area contributed by atoms with Gasteiger partial charge in [0.25, 0.3) is 0 Å². The standard InChI is InChI=1S/C20H30OSi/c1-16-10-12-18(13-11-16)20(21)19(15-22(2,3)4)14-17-8-6-5-7-9-17/h10-14,17H,5-9,15H2,1-4H3/b19-14+. The predicted octanol–water partition coefficient (Wildman–Crippen LogP) is 6.02. The minimum Gasteiger partial charge on any atom is -0.289 e. The van der Waals surface area contributed by atoms with Crippen molar-refractivity contribution >= 4 is 13.9 Å². The van der Waals surface area contributed by atoms with Gasteiger partial charge in [0, 0.05) is 13.6 Å². The summed E-state index contributed by atoms with van der Waals surface area (Å²) in [5.74, 6) is 0.877. The third-order valence-electron chi connectivity index (χ3n) is 4.41. The van der Waals surface area contributed by atoms with Crippen LogP contribution in [0, 0.1) is 12.8 Å². The Morgan fingerprint density at radius 1 is 1.09 bits per heavy atom. The number of ketones is 1. The van der Waals surface area contributed by atoms with Gasteiger partial charge in [-0.15, -0.1) is 0 Å². The Kier molecular flexibility index (Phi) is 5.79. The highest BCUT2D eigenvalue weighted by Gasteiger charge is 2.23. The third kappa shape index (κ3) is 5.24. The van der Waals surface area contributed by atoms with Gasteiger partial charge in [-0.25, -0.2) is 0 Å². The van der Waals surface area contributed by atoms with Gasteiger partial charge < -0.3 is 0 Å². The normalized spacial score (nSPS) is 17.5. The molecule has 1 fully saturated rings. The van der Waals surface area contributed by atoms with Crippen molar-refractivity contribution in [3.05, 3.63) is 47.0 Å². The molecule has 0 amide bonds. The molecule has 120 valence electrons. The van der Waals surface area contributed by atoms with Crippen molar-refractivity contribution < 1.29 is 4.79 Å². The van der Waals surface area contributed by atoms with Crippen LogP contribution in [0.5, 0.6) is 0 Å². The molecule has 0 spiro atoms. The van der Waals surface area contributed by atoms with Crippen LogP contribution < -0.4 is 0 Å². The fourth-order valence-electron chi connectivity index (χ4n) is 3.26. The first kappa shape index (κ1) is 17.2. The number of allylic oxidation sites excluding steroid dienone is 2. The third-order valence-corrected chi connectivity index (χ3v) is 5.85. The molecule has 1 nitrogen and oxygen atoms in total. The van der Waals surface area contributed by atoms with Crippen molar-refractivity contribution in [2.24, 2.45) is 5.92 Å². The maximum Gasteiger partial charge on any atom is 0.188 e. The zero-order valence-electron chi connectivity index (χ0n) is 14.6. The van der Waals surface area contributed by atoms with Crippen LogP contribution in [0.4, 0.5) is 0 Å². The van der Waals surface area contributed by atoms with Crippen molar-refractivity contribution in [2.75, 3.05) is 0 Å². The molecule has 0 unspecified atom stereocenters. The Bertz CT molecular complexity index is 528. The largest absolute Gasteiger partial charge is 0.289 e. The van der Waals surface area contributed by atoms with E-state index >= 15 is 0 Å². The summed E-state index contributed by atoms with van der Waals surface area (Å²) in [5, 5.41) is 0. The monoisotopic (exact) mass is 314 g/mol. The molecule has 0 atom stereocenters. The summed E-state index contributed by atoms with van der Waals surface area (Å²) in [7, 11) is -1.30. The summed E-state index contributed by atoms with van der Waals surface area (Å²) >= 11 is 0. The first-order valence-electron chi connectivity index (χ1n) is 8.67. The van der Waals surface area contributed by atoms with Crippen LogP contribution in [0.2, 0.25) is 25.7 Å². The van der Waals surface area contributed by atoms with E-state index in [2.05, 4.69) is 32.6 Å². The van der Waals surface area contributed by atoms with Gasteiger partial charge in [0.1, 0.15) is 0 Å². The molecule has 0 aromatic heterocycles. The van der Waals surface area contributed by atoms with E-state index in [0.717, 1.165) is 17.2 Å². The van der Waals surface area contributed by atoms with Crippen LogP contribution in [0.1, 0.15) is 48.0 Å². The van der Waals surface area contributed by atoms with Gasteiger partial charge in [-0.2, -0.15) is 0 Å². The highest BCUT2D eigenvalue weighted by Crippen LogP contribution is 2.29. The van der Waals surface area contributed by atoms with E-state index < -0.39 is 8.07 Å². The molecule has 0 N–H and O–H groups in total. The SMILES string of the molecule is Cc1ccc(C(=O)/C(=C/C2CCCCC2)C[Si](C)(C)C)cc1. The molecule has 1 aromatic carbocycles. The number of hydrogen-bond donors (Lipinski definition) is 0. The van der Waals surface area contributed by atoms with Crippen LogP contribution >= 0.6 is 0 Å². The molecule has 0 saturated heterocycles. The molecule has 1 saturated carbocycles. The second-order valence-corrected chi connectivity index (χ2v) is 13.5. The number of carbonyl (C=O) groups excluding carboxylic acids is 1. The van der Waals surface area contributed by atoms with Gasteiger partial charge in [-0.05, 0) is 37.3 Å². The molecular weight excluding hydrogens is 284 g/mol. The van der Waals surface area contributed by atoms with Gasteiger partial charge in [0.2, 0.25) is 0 Å². The van der Waals surface area contributed by atoms with Gasteiger partial charge in [-0.3, -0.25) is 4.79 Å². The first-order chi connectivity index (χ1) is 10.3. The van der Waals surface area contributed by atoms with E-state index in [4.69, 9.17) is 0 Å². The van der Waals surface area contributed by atoms with Crippen molar-refractivity contribution in [3.8, 4) is 0 Å². The van der Waals surface area contributed by atoms with E-state index in [-0.39, 0.29) is 5.78 Å². The zero-order valence-corrected chi connectivity index (χ0v) is 15.6. The van der Waals surface area contributed by atoms with E-state index in [1.165, 1.54) is 37.7 Å². The van der Waals surface area contributed by atoms with Crippen molar-refractivity contribution in [2.45, 2.75) is 64.7 Å². The minimum absolute atomic E-state index is 0.257. The number of benzene rings is 1. The number of aryl methyl sites for hydroxylation is 1. The average Bonchev–Trinajstić information content (AvgIpc) is 2.46. The van der Waals surface area contributed by atoms with Crippen molar-refractivity contribution in [1.82, 2.24) is 0 Å². The van der Waals surface area contributed by atoms with E-state index in [1.54, 1.807) is 0 Å². The first-order valence-corrected chi connectivity index (χ1v) is 12.4. The summed E-state index contributed by atoms with van der Waals surface area (Å²) in [6, 6.07) is 9.04. The lowest BCUT2D eigenvalue weighted by atomic mass is 9.87. The molecule has 2 rings (SSSR count). The molecule has 0 heterocycles. The van der Waals surface area contributed by atoms with Gasteiger partial charge in [0.05, 0.1) is 0 Å². The smallest absolute Gasteiger partial charge is 0.188 e. The Hall–Kier alpha value is -1.15. The fourth-order valence-corrected chi connectivity index (χ4v) is 4.68. The van der Waals surface area contributed by atoms with Crippen molar-refractivity contribution in [3.63, 3.8) is 0 Å². The van der Waals surface area contributed by atoms with Gasteiger partial charge in [-0.1, -0.05) is 74.8 Å². The molecule has 1 aliphatic carbocycles. The van der Waals surface area contributed by atoms with Crippen LogP contribution in [-0.2, 0) is 0 Å². The van der Waals surface area contributed by atoms with Gasteiger partial charge >= 0.3 is 0 Å². The summed E-state index contributed by atoms with van der Waals surface area (Å²) in [6.07, 6.45) is 8.85. The lowest BCUT2D eigenvalue weighted by Crippen LogP contribution is -2.23. The highest BCUT2D eigenvalue weighted by molar-refractivity contribution is 6.77. The van der Waals surface area contributed by atoms with Crippen molar-refractivity contribution in [1.29, 1.82) is 0 Å². The fraction of sp³-hybridized carbons (Fsp3) is 0.550. The molecule has 2 heteroatoms. The van der Waals surface area contributed by atoms with Crippen LogP contribution in [0.15, 0.2) is 35.9 Å². The van der Waals surface area contributed by atoms with E-state index in [1.807, 2.05) is 24.3 Å². The molecule has 1 aliphatic rings. The van der Waals surface area contributed by atoms with Crippen LogP contribution in [-0.4, -0.2) is 13.9 Å². The molecular formula is C20H30OSi. The maximum atomic E-state index is 13.0. The topological polar surface area (TPSA) is 17.1 Å². The molecule has 0 bridgehead atoms. The molecule has 0 aliphatic heterocycles. The van der Waals surface area contributed by atoms with E-state index in [9.17, 15) is 4.79 Å². The van der Waals surface area contributed by atoms with Gasteiger partial charge in [0.15, 0.2) is 5.78 Å². The predicted molar refractivity (Wildman–Crippen MR) is 98.3 cm³/mol. The second-order valence-electron chi connectivity index (χ2n) is 8.02. The number of carbonyl (C=O) groups is 1. The Labute approximate surface area is 136 Å². The highest BCUT2D eigenvalue weighted by atomic mass is 28.3. The Morgan fingerprint density at radius 2 is 1.68 bits per heavy atom. The second kappa shape index (κ2) is 7.41. The number of Topliss-reactive ketones (excluding diaryl/α,β-unsaturated/α-hetero) is 1. The quantitative estimate of drug-likeness (QED) is 0.369. The maximum absolute atomic E-state index is 13.0. The molecule has 0 radical (unpaired) electrons. The summed E-state index contributed by atoms with van der Waals surface area (Å²) in [4.78, 5) is 13.0. The molecule has 1 aromatic rings. The minimum atomic E-state index is -1.30. The summed E-state index contributed by atoms with van der Waals surface area (Å²) < 4.78 is 0. The van der Waals surface area contributed by atoms with E-state index in [0.29, 0.717) is 5.92 Å². The lowest BCUT2D eigenvalue weighted by molar-refractivity contribution is 0.103. The summed E-state index contributed by atoms with van der Waals surface area (Å²) in [6.45, 7) is 9.12. The number of hydrogen-bond acceptors (Lipinski definition) is 1. The Morgan fingerprint density at radius 3 is 2.23 bits per heavy atom. The lowest BCUT2D eigenvalue weighted by Gasteiger charge is -2.22. The van der Waals surface area contributed by atoms with Crippen LogP contribution in [0.25, 0.3) is 0 Å². The zero-order chi connectivity index (χ0) is 16.2. The summed E-state index contributed by atoms with van der Waals surface area (Å²) in [5.41, 5.74) is 3.14. The Balaban J connectivity index is 2.24. The number of rotatable bonds is 5.